The Morgan fingerprint density at radius 1 is 1.09 bits per heavy atom. The molecule has 2 heterocycles. The van der Waals surface area contributed by atoms with Crippen LogP contribution in [-0.4, -0.2) is 69.5 Å². The molecular weight excluding hydrogens is 402 g/mol. The predicted molar refractivity (Wildman–Crippen MR) is 129 cm³/mol. The Morgan fingerprint density at radius 2 is 1.84 bits per heavy atom. The number of rotatable bonds is 6. The van der Waals surface area contributed by atoms with Crippen molar-refractivity contribution in [2.24, 2.45) is 0 Å². The van der Waals surface area contributed by atoms with Crippen molar-refractivity contribution < 1.29 is 14.3 Å². The number of piperidine rings is 1. The van der Waals surface area contributed by atoms with E-state index in [9.17, 15) is 4.79 Å². The van der Waals surface area contributed by atoms with Gasteiger partial charge in [0.05, 0.1) is 25.9 Å². The highest BCUT2D eigenvalue weighted by molar-refractivity contribution is 6.05. The van der Waals surface area contributed by atoms with Crippen LogP contribution in [-0.2, 0) is 9.47 Å². The second-order valence-electron chi connectivity index (χ2n) is 9.04. The number of benzene rings is 2. The first-order valence-electron chi connectivity index (χ1n) is 11.6. The summed E-state index contributed by atoms with van der Waals surface area (Å²) in [7, 11) is 2.20. The molecule has 6 heteroatoms. The number of carbonyl (C=O) groups excluding carboxylic acids is 1. The minimum Gasteiger partial charge on any atom is -0.376 e. The number of likely N-dealkylation sites (N-methyl/N-ethyl adjacent to an activating group) is 1. The number of ether oxygens (including phenoxy) is 2. The normalized spacial score (nSPS) is 19.9. The molecule has 2 fully saturated rings. The van der Waals surface area contributed by atoms with Crippen molar-refractivity contribution in [2.45, 2.75) is 38.8 Å². The van der Waals surface area contributed by atoms with Gasteiger partial charge in [-0.1, -0.05) is 17.7 Å². The molecule has 2 aromatic carbocycles. The second kappa shape index (κ2) is 10.5. The minimum atomic E-state index is -0.0635. The van der Waals surface area contributed by atoms with Crippen LogP contribution in [0.4, 0.5) is 11.4 Å². The number of amides is 1. The summed E-state index contributed by atoms with van der Waals surface area (Å²) in [5.74, 6) is -0.0635. The van der Waals surface area contributed by atoms with Crippen LogP contribution in [0.5, 0.6) is 0 Å². The standard InChI is InChI=1S/C26H35N3O3/c1-19-4-9-25(20(2)16-19)26(30)27-21-5-7-23(8-6-21)29-12-10-22(11-13-29)28(3)17-24-18-31-14-15-32-24/h4-9,16,22,24H,10-15,17-18H2,1-3H3,(H,27,30). The molecule has 1 atom stereocenters. The van der Waals surface area contributed by atoms with Crippen molar-refractivity contribution in [1.29, 1.82) is 0 Å². The van der Waals surface area contributed by atoms with E-state index in [0.717, 1.165) is 54.9 Å². The average Bonchev–Trinajstić information content (AvgIpc) is 2.80. The Labute approximate surface area is 191 Å². The first-order valence-corrected chi connectivity index (χ1v) is 11.6. The lowest BCUT2D eigenvalue weighted by Gasteiger charge is -2.39. The van der Waals surface area contributed by atoms with E-state index >= 15 is 0 Å². The third-order valence-corrected chi connectivity index (χ3v) is 6.58. The Hall–Kier alpha value is -2.41. The summed E-state index contributed by atoms with van der Waals surface area (Å²) in [6, 6.07) is 14.7. The topological polar surface area (TPSA) is 54.0 Å². The Bertz CT molecular complexity index is 901. The van der Waals surface area contributed by atoms with Crippen LogP contribution in [0.25, 0.3) is 0 Å². The maximum Gasteiger partial charge on any atom is 0.255 e. The fourth-order valence-corrected chi connectivity index (χ4v) is 4.70. The maximum absolute atomic E-state index is 12.6. The molecular formula is C26H35N3O3. The van der Waals surface area contributed by atoms with E-state index in [-0.39, 0.29) is 12.0 Å². The third kappa shape index (κ3) is 5.68. The molecule has 32 heavy (non-hydrogen) atoms. The van der Waals surface area contributed by atoms with Gasteiger partial charge in [0.25, 0.3) is 5.91 Å². The Kier molecular flexibility index (Phi) is 7.45. The van der Waals surface area contributed by atoms with Gasteiger partial charge in [-0.2, -0.15) is 0 Å². The summed E-state index contributed by atoms with van der Waals surface area (Å²) >= 11 is 0. The van der Waals surface area contributed by atoms with E-state index in [4.69, 9.17) is 9.47 Å². The number of nitrogens with one attached hydrogen (secondary N) is 1. The van der Waals surface area contributed by atoms with Gasteiger partial charge < -0.3 is 24.6 Å². The largest absolute Gasteiger partial charge is 0.376 e. The van der Waals surface area contributed by atoms with E-state index in [1.54, 1.807) is 0 Å². The van der Waals surface area contributed by atoms with Crippen molar-refractivity contribution in [3.8, 4) is 0 Å². The molecule has 0 bridgehead atoms. The molecule has 0 saturated carbocycles. The fourth-order valence-electron chi connectivity index (χ4n) is 4.70. The number of hydrogen-bond acceptors (Lipinski definition) is 5. The molecule has 1 N–H and O–H groups in total. The van der Waals surface area contributed by atoms with Crippen LogP contribution < -0.4 is 10.2 Å². The molecule has 172 valence electrons. The number of hydrogen-bond donors (Lipinski definition) is 1. The summed E-state index contributed by atoms with van der Waals surface area (Å²) in [5.41, 5.74) is 4.91. The fraction of sp³-hybridized carbons (Fsp3) is 0.500. The van der Waals surface area contributed by atoms with E-state index in [0.29, 0.717) is 25.9 Å². The minimum absolute atomic E-state index is 0.0635. The lowest BCUT2D eigenvalue weighted by Crippen LogP contribution is -2.47. The van der Waals surface area contributed by atoms with Gasteiger partial charge in [-0.15, -0.1) is 0 Å². The van der Waals surface area contributed by atoms with Gasteiger partial charge in [0.1, 0.15) is 0 Å². The van der Waals surface area contributed by atoms with Crippen molar-refractivity contribution in [1.82, 2.24) is 4.90 Å². The Balaban J connectivity index is 1.27. The van der Waals surface area contributed by atoms with Crippen LogP contribution >= 0.6 is 0 Å². The summed E-state index contributed by atoms with van der Waals surface area (Å²) in [5, 5.41) is 3.02. The lowest BCUT2D eigenvalue weighted by atomic mass is 10.0. The molecule has 0 aromatic heterocycles. The number of aryl methyl sites for hydroxylation is 2. The van der Waals surface area contributed by atoms with Gasteiger partial charge in [-0.3, -0.25) is 4.79 Å². The van der Waals surface area contributed by atoms with Gasteiger partial charge >= 0.3 is 0 Å². The highest BCUT2D eigenvalue weighted by atomic mass is 16.6. The lowest BCUT2D eigenvalue weighted by molar-refractivity contribution is -0.0989. The summed E-state index contributed by atoms with van der Waals surface area (Å²) < 4.78 is 11.3. The van der Waals surface area contributed by atoms with E-state index in [1.807, 2.05) is 44.2 Å². The van der Waals surface area contributed by atoms with Gasteiger partial charge in [0.2, 0.25) is 0 Å². The third-order valence-electron chi connectivity index (χ3n) is 6.58. The Morgan fingerprint density at radius 3 is 2.50 bits per heavy atom. The van der Waals surface area contributed by atoms with Crippen LogP contribution in [0.15, 0.2) is 42.5 Å². The van der Waals surface area contributed by atoms with Crippen molar-refractivity contribution >= 4 is 17.3 Å². The van der Waals surface area contributed by atoms with Crippen LogP contribution in [0.2, 0.25) is 0 Å². The maximum atomic E-state index is 12.6. The number of nitrogens with zero attached hydrogens (tertiary/aromatic N) is 2. The first kappa shape index (κ1) is 22.8. The molecule has 2 aliphatic rings. The molecule has 4 rings (SSSR count). The van der Waals surface area contributed by atoms with Gasteiger partial charge in [-0.05, 0) is 69.6 Å². The van der Waals surface area contributed by atoms with Crippen molar-refractivity contribution in [3.63, 3.8) is 0 Å². The molecule has 6 nitrogen and oxygen atoms in total. The van der Waals surface area contributed by atoms with E-state index < -0.39 is 0 Å². The van der Waals surface area contributed by atoms with Crippen molar-refractivity contribution in [2.75, 3.05) is 56.7 Å². The smallest absolute Gasteiger partial charge is 0.255 e. The van der Waals surface area contributed by atoms with Crippen LogP contribution in [0.1, 0.15) is 34.3 Å². The summed E-state index contributed by atoms with van der Waals surface area (Å²) in [6.45, 7) is 9.13. The highest BCUT2D eigenvalue weighted by Gasteiger charge is 2.25. The van der Waals surface area contributed by atoms with Gasteiger partial charge in [0.15, 0.2) is 0 Å². The molecule has 2 aliphatic heterocycles. The molecule has 0 radical (unpaired) electrons. The monoisotopic (exact) mass is 437 g/mol. The highest BCUT2D eigenvalue weighted by Crippen LogP contribution is 2.24. The van der Waals surface area contributed by atoms with E-state index in [2.05, 4.69) is 34.3 Å². The number of anilines is 2. The molecule has 0 spiro atoms. The van der Waals surface area contributed by atoms with Crippen molar-refractivity contribution in [3.05, 3.63) is 59.2 Å². The zero-order valence-electron chi connectivity index (χ0n) is 19.5. The summed E-state index contributed by atoms with van der Waals surface area (Å²) in [4.78, 5) is 17.5. The molecule has 1 unspecified atom stereocenters. The summed E-state index contributed by atoms with van der Waals surface area (Å²) in [6.07, 6.45) is 2.46. The van der Waals surface area contributed by atoms with Gasteiger partial charge in [0, 0.05) is 42.6 Å². The SMILES string of the molecule is Cc1ccc(C(=O)Nc2ccc(N3CCC(N(C)CC4COCCO4)CC3)cc2)c(C)c1. The zero-order valence-corrected chi connectivity index (χ0v) is 19.5. The predicted octanol–water partition coefficient (Wildman–Crippen LogP) is 3.87. The van der Waals surface area contributed by atoms with Gasteiger partial charge in [-0.25, -0.2) is 0 Å². The van der Waals surface area contributed by atoms with E-state index in [1.165, 1.54) is 5.69 Å². The second-order valence-corrected chi connectivity index (χ2v) is 9.04. The molecule has 1 amide bonds. The first-order chi connectivity index (χ1) is 15.5. The van der Waals surface area contributed by atoms with Crippen LogP contribution in [0, 0.1) is 13.8 Å². The molecule has 2 saturated heterocycles. The molecule has 0 aliphatic carbocycles. The zero-order chi connectivity index (χ0) is 22.5. The van der Waals surface area contributed by atoms with Crippen LogP contribution in [0.3, 0.4) is 0 Å². The molecule has 2 aromatic rings. The average molecular weight is 438 g/mol. The quantitative estimate of drug-likeness (QED) is 0.744. The number of carbonyl (C=O) groups is 1.